The van der Waals surface area contributed by atoms with E-state index >= 15 is 0 Å². The number of nitrogens with zero attached hydrogens (tertiary/aromatic N) is 8. The fourth-order valence-corrected chi connectivity index (χ4v) is 2.63. The number of aromatic nitrogens is 8. The molecular formula is C11H15N9S. The summed E-state index contributed by atoms with van der Waals surface area (Å²) in [6, 6.07) is 0. The molecule has 1 N–H and O–H groups in total. The van der Waals surface area contributed by atoms with Gasteiger partial charge in [0.25, 0.3) is 0 Å². The highest BCUT2D eigenvalue weighted by Gasteiger charge is 2.11. The molecule has 3 aromatic heterocycles. The standard InChI is InChI=1S/C11H15N9S/c1-7-8(2)16-20-6-13-14-10(20)9(7)12-4-5-21-11-15-17-18-19(11)3/h6,12H,4-5H2,1-3H3. The Labute approximate surface area is 125 Å². The summed E-state index contributed by atoms with van der Waals surface area (Å²) in [6.45, 7) is 4.77. The number of fused-ring (bicyclic) bond motifs is 1. The van der Waals surface area contributed by atoms with Gasteiger partial charge < -0.3 is 5.32 Å². The summed E-state index contributed by atoms with van der Waals surface area (Å²) in [6.07, 6.45) is 1.60. The Balaban J connectivity index is 1.69. The third-order valence-electron chi connectivity index (χ3n) is 3.15. The number of hydrogen-bond acceptors (Lipinski definition) is 8. The molecule has 0 amide bonds. The molecular weight excluding hydrogens is 290 g/mol. The molecule has 0 fully saturated rings. The molecule has 3 rings (SSSR count). The smallest absolute Gasteiger partial charge is 0.209 e. The van der Waals surface area contributed by atoms with Gasteiger partial charge in [0.2, 0.25) is 10.8 Å². The summed E-state index contributed by atoms with van der Waals surface area (Å²) in [4.78, 5) is 0. The predicted molar refractivity (Wildman–Crippen MR) is 78.3 cm³/mol. The van der Waals surface area contributed by atoms with E-state index in [0.29, 0.717) is 0 Å². The second-order valence-corrected chi connectivity index (χ2v) is 5.61. The lowest BCUT2D eigenvalue weighted by atomic mass is 10.2. The van der Waals surface area contributed by atoms with Gasteiger partial charge in [0, 0.05) is 19.3 Å². The van der Waals surface area contributed by atoms with E-state index in [4.69, 9.17) is 0 Å². The molecule has 0 aliphatic heterocycles. The van der Waals surface area contributed by atoms with E-state index in [-0.39, 0.29) is 0 Å². The lowest BCUT2D eigenvalue weighted by molar-refractivity contribution is 0.664. The summed E-state index contributed by atoms with van der Waals surface area (Å²) in [5.41, 5.74) is 3.75. The molecule has 0 saturated carbocycles. The molecule has 0 unspecified atom stereocenters. The molecule has 3 heterocycles. The van der Waals surface area contributed by atoms with Crippen LogP contribution in [0.5, 0.6) is 0 Å². The number of rotatable bonds is 5. The van der Waals surface area contributed by atoms with Gasteiger partial charge in [-0.3, -0.25) is 0 Å². The Morgan fingerprint density at radius 1 is 1.29 bits per heavy atom. The van der Waals surface area contributed by atoms with Crippen molar-refractivity contribution in [2.24, 2.45) is 7.05 Å². The van der Waals surface area contributed by atoms with Crippen LogP contribution in [0, 0.1) is 13.8 Å². The number of nitrogens with one attached hydrogen (secondary N) is 1. The van der Waals surface area contributed by atoms with Crippen LogP contribution >= 0.6 is 11.8 Å². The van der Waals surface area contributed by atoms with Crippen LogP contribution in [0.4, 0.5) is 5.69 Å². The van der Waals surface area contributed by atoms with Crippen LogP contribution in [0.2, 0.25) is 0 Å². The van der Waals surface area contributed by atoms with Gasteiger partial charge in [0.15, 0.2) is 0 Å². The van der Waals surface area contributed by atoms with Gasteiger partial charge in [-0.1, -0.05) is 11.8 Å². The van der Waals surface area contributed by atoms with Crippen LogP contribution in [0.1, 0.15) is 11.3 Å². The fourth-order valence-electron chi connectivity index (χ4n) is 1.93. The minimum absolute atomic E-state index is 0.739. The third-order valence-corrected chi connectivity index (χ3v) is 4.16. The van der Waals surface area contributed by atoms with Crippen molar-refractivity contribution in [1.82, 2.24) is 40.0 Å². The average molecular weight is 305 g/mol. The Morgan fingerprint density at radius 3 is 2.90 bits per heavy atom. The van der Waals surface area contributed by atoms with Crippen molar-refractivity contribution in [3.8, 4) is 0 Å². The Morgan fingerprint density at radius 2 is 2.14 bits per heavy atom. The first-order chi connectivity index (χ1) is 10.2. The predicted octanol–water partition coefficient (Wildman–Crippen LogP) is 0.469. The molecule has 110 valence electrons. The Kier molecular flexibility index (Phi) is 3.69. The van der Waals surface area contributed by atoms with Gasteiger partial charge in [-0.2, -0.15) is 9.61 Å². The zero-order chi connectivity index (χ0) is 14.8. The number of hydrogen-bond donors (Lipinski definition) is 1. The topological polar surface area (TPSA) is 98.7 Å². The largest absolute Gasteiger partial charge is 0.381 e. The van der Waals surface area contributed by atoms with Gasteiger partial charge in [-0.05, 0) is 29.8 Å². The monoisotopic (exact) mass is 305 g/mol. The van der Waals surface area contributed by atoms with Crippen molar-refractivity contribution in [3.05, 3.63) is 17.6 Å². The molecule has 0 aliphatic rings. The normalized spacial score (nSPS) is 11.2. The van der Waals surface area contributed by atoms with E-state index in [9.17, 15) is 0 Å². The van der Waals surface area contributed by atoms with Crippen molar-refractivity contribution < 1.29 is 0 Å². The van der Waals surface area contributed by atoms with Crippen molar-refractivity contribution in [3.63, 3.8) is 0 Å². The second kappa shape index (κ2) is 5.64. The molecule has 0 spiro atoms. The van der Waals surface area contributed by atoms with Gasteiger partial charge in [-0.15, -0.1) is 15.3 Å². The zero-order valence-electron chi connectivity index (χ0n) is 12.0. The van der Waals surface area contributed by atoms with Crippen LogP contribution in [0.3, 0.4) is 0 Å². The van der Waals surface area contributed by atoms with Gasteiger partial charge >= 0.3 is 0 Å². The van der Waals surface area contributed by atoms with Crippen molar-refractivity contribution in [2.75, 3.05) is 17.6 Å². The quantitative estimate of drug-likeness (QED) is 0.536. The number of aryl methyl sites for hydroxylation is 2. The first-order valence-corrected chi connectivity index (χ1v) is 7.41. The molecule has 0 aliphatic carbocycles. The summed E-state index contributed by atoms with van der Waals surface area (Å²) in [5, 5.41) is 27.9. The highest BCUT2D eigenvalue weighted by Crippen LogP contribution is 2.21. The molecule has 0 atom stereocenters. The van der Waals surface area contributed by atoms with Crippen LogP contribution in [-0.4, -0.2) is 52.3 Å². The maximum Gasteiger partial charge on any atom is 0.209 e. The van der Waals surface area contributed by atoms with Crippen molar-refractivity contribution in [1.29, 1.82) is 0 Å². The average Bonchev–Trinajstić information content (AvgIpc) is 3.07. The summed E-state index contributed by atoms with van der Waals surface area (Å²) >= 11 is 1.60. The first kappa shape index (κ1) is 13.7. The third kappa shape index (κ3) is 2.66. The molecule has 0 bridgehead atoms. The van der Waals surface area contributed by atoms with Crippen molar-refractivity contribution in [2.45, 2.75) is 19.0 Å². The molecule has 0 radical (unpaired) electrons. The molecule has 0 aromatic carbocycles. The molecule has 0 saturated heterocycles. The Bertz CT molecular complexity index is 762. The lowest BCUT2D eigenvalue weighted by Gasteiger charge is -2.11. The maximum atomic E-state index is 4.39. The molecule has 3 aromatic rings. The van der Waals surface area contributed by atoms with Crippen molar-refractivity contribution >= 4 is 23.1 Å². The van der Waals surface area contributed by atoms with E-state index in [1.807, 2.05) is 20.9 Å². The maximum absolute atomic E-state index is 4.39. The summed E-state index contributed by atoms with van der Waals surface area (Å²) in [7, 11) is 1.83. The zero-order valence-corrected chi connectivity index (χ0v) is 12.8. The molecule has 10 heteroatoms. The van der Waals surface area contributed by atoms with E-state index in [0.717, 1.165) is 40.0 Å². The van der Waals surface area contributed by atoms with Crippen LogP contribution in [0.25, 0.3) is 5.65 Å². The summed E-state index contributed by atoms with van der Waals surface area (Å²) in [5.74, 6) is 0.843. The van der Waals surface area contributed by atoms with E-state index in [1.54, 1.807) is 27.3 Å². The van der Waals surface area contributed by atoms with Gasteiger partial charge in [-0.25, -0.2) is 4.68 Å². The molecule has 9 nitrogen and oxygen atoms in total. The number of anilines is 1. The van der Waals surface area contributed by atoms with E-state index in [1.165, 1.54) is 0 Å². The van der Waals surface area contributed by atoms with Gasteiger partial charge in [0.1, 0.15) is 6.33 Å². The highest BCUT2D eigenvalue weighted by molar-refractivity contribution is 7.99. The Hall–Kier alpha value is -2.23. The van der Waals surface area contributed by atoms with Crippen LogP contribution in [-0.2, 0) is 7.05 Å². The van der Waals surface area contributed by atoms with Gasteiger partial charge in [0.05, 0.1) is 11.4 Å². The summed E-state index contributed by atoms with van der Waals surface area (Å²) < 4.78 is 3.34. The first-order valence-electron chi connectivity index (χ1n) is 6.43. The lowest BCUT2D eigenvalue weighted by Crippen LogP contribution is -2.10. The number of thioether (sulfide) groups is 1. The minimum atomic E-state index is 0.739. The minimum Gasteiger partial charge on any atom is -0.381 e. The fraction of sp³-hybridized carbons (Fsp3) is 0.455. The highest BCUT2D eigenvalue weighted by atomic mass is 32.2. The van der Waals surface area contributed by atoms with E-state index < -0.39 is 0 Å². The molecule has 21 heavy (non-hydrogen) atoms. The van der Waals surface area contributed by atoms with Crippen LogP contribution in [0.15, 0.2) is 11.5 Å². The SMILES string of the molecule is Cc1nn2cnnc2c(NCCSc2nnnn2C)c1C. The number of tetrazole rings is 1. The van der Waals surface area contributed by atoms with E-state index in [2.05, 4.69) is 36.1 Å². The second-order valence-electron chi connectivity index (χ2n) is 4.54. The van der Waals surface area contributed by atoms with Crippen LogP contribution < -0.4 is 5.32 Å².